The van der Waals surface area contributed by atoms with Crippen molar-refractivity contribution in [2.45, 2.75) is 19.9 Å². The van der Waals surface area contributed by atoms with Crippen LogP contribution < -0.4 is 16.3 Å². The van der Waals surface area contributed by atoms with Crippen LogP contribution in [0.5, 0.6) is 0 Å². The Bertz CT molecular complexity index is 1030. The number of carbonyl (C=O) groups is 2. The summed E-state index contributed by atoms with van der Waals surface area (Å²) < 4.78 is 3.17. The lowest BCUT2D eigenvalue weighted by Crippen LogP contribution is -2.24. The number of nitrogens with zero attached hydrogens (tertiary/aromatic N) is 2. The second-order valence-electron chi connectivity index (χ2n) is 6.04. The molecule has 3 rings (SSSR count). The van der Waals surface area contributed by atoms with E-state index in [1.165, 1.54) is 6.92 Å². The van der Waals surface area contributed by atoms with E-state index in [0.29, 0.717) is 11.4 Å². The standard InChI is InChI=1S/C19H20N4O3/c1-13(24)20-14-6-5-7-15(12-14)21-18(25)10-11-23-17-9-4-3-8-16(17)22(2)19(23)26/h3-9,12H,10-11H2,1-2H3,(H,20,24)(H,21,25). The molecule has 0 atom stereocenters. The van der Waals surface area contributed by atoms with Crippen molar-refractivity contribution in [3.63, 3.8) is 0 Å². The van der Waals surface area contributed by atoms with Gasteiger partial charge in [-0.3, -0.25) is 18.7 Å². The predicted molar refractivity (Wildman–Crippen MR) is 101 cm³/mol. The molecule has 2 amide bonds. The fourth-order valence-electron chi connectivity index (χ4n) is 2.89. The van der Waals surface area contributed by atoms with Gasteiger partial charge in [0.25, 0.3) is 0 Å². The molecule has 1 aromatic heterocycles. The Kier molecular flexibility index (Phi) is 4.88. The van der Waals surface area contributed by atoms with Gasteiger partial charge in [-0.05, 0) is 30.3 Å². The molecule has 0 unspecified atom stereocenters. The Morgan fingerprint density at radius 2 is 1.62 bits per heavy atom. The predicted octanol–water partition coefficient (Wildman–Crippen LogP) is 2.33. The number of para-hydroxylation sites is 2. The Labute approximate surface area is 150 Å². The number of rotatable bonds is 5. The smallest absolute Gasteiger partial charge is 0.326 e. The maximum atomic E-state index is 12.4. The molecule has 0 saturated heterocycles. The van der Waals surface area contributed by atoms with Crippen LogP contribution in [0.15, 0.2) is 53.3 Å². The number of anilines is 2. The number of aromatic nitrogens is 2. The van der Waals surface area contributed by atoms with Gasteiger partial charge in [-0.1, -0.05) is 18.2 Å². The fourth-order valence-corrected chi connectivity index (χ4v) is 2.89. The molecule has 7 nitrogen and oxygen atoms in total. The fraction of sp³-hybridized carbons (Fsp3) is 0.211. The first-order chi connectivity index (χ1) is 12.5. The highest BCUT2D eigenvalue weighted by molar-refractivity contribution is 5.93. The minimum atomic E-state index is -0.204. The van der Waals surface area contributed by atoms with Crippen molar-refractivity contribution < 1.29 is 9.59 Å². The third kappa shape index (κ3) is 3.66. The van der Waals surface area contributed by atoms with Crippen LogP contribution in [0.4, 0.5) is 11.4 Å². The Morgan fingerprint density at radius 1 is 0.962 bits per heavy atom. The van der Waals surface area contributed by atoms with E-state index in [-0.39, 0.29) is 30.5 Å². The van der Waals surface area contributed by atoms with E-state index in [9.17, 15) is 14.4 Å². The van der Waals surface area contributed by atoms with Crippen LogP contribution in [-0.2, 0) is 23.2 Å². The number of amides is 2. The Morgan fingerprint density at radius 3 is 2.31 bits per heavy atom. The molecular weight excluding hydrogens is 332 g/mol. The van der Waals surface area contributed by atoms with Crippen LogP contribution in [0.25, 0.3) is 11.0 Å². The highest BCUT2D eigenvalue weighted by Crippen LogP contribution is 2.16. The average molecular weight is 352 g/mol. The molecule has 1 heterocycles. The van der Waals surface area contributed by atoms with Crippen molar-refractivity contribution in [1.29, 1.82) is 0 Å². The van der Waals surface area contributed by atoms with Gasteiger partial charge in [-0.15, -0.1) is 0 Å². The molecule has 0 fully saturated rings. The van der Waals surface area contributed by atoms with Gasteiger partial charge in [-0.2, -0.15) is 0 Å². The van der Waals surface area contributed by atoms with Crippen molar-refractivity contribution in [3.8, 4) is 0 Å². The van der Waals surface area contributed by atoms with E-state index >= 15 is 0 Å². The SMILES string of the molecule is CC(=O)Nc1cccc(NC(=O)CCn2c(=O)n(C)c3ccccc32)c1. The van der Waals surface area contributed by atoms with Crippen LogP contribution in [0.3, 0.4) is 0 Å². The van der Waals surface area contributed by atoms with Crippen LogP contribution in [0.2, 0.25) is 0 Å². The van der Waals surface area contributed by atoms with Crippen molar-refractivity contribution in [3.05, 3.63) is 59.0 Å². The van der Waals surface area contributed by atoms with E-state index < -0.39 is 0 Å². The van der Waals surface area contributed by atoms with Gasteiger partial charge >= 0.3 is 5.69 Å². The molecule has 0 bridgehead atoms. The molecule has 0 aliphatic heterocycles. The molecule has 0 aliphatic carbocycles. The van der Waals surface area contributed by atoms with E-state index in [1.807, 2.05) is 24.3 Å². The molecule has 0 radical (unpaired) electrons. The average Bonchev–Trinajstić information content (AvgIpc) is 2.84. The maximum Gasteiger partial charge on any atom is 0.328 e. The minimum absolute atomic E-state index is 0.147. The van der Waals surface area contributed by atoms with Gasteiger partial charge in [0.1, 0.15) is 0 Å². The Hall–Kier alpha value is -3.35. The van der Waals surface area contributed by atoms with E-state index in [2.05, 4.69) is 10.6 Å². The number of hydrogen-bond donors (Lipinski definition) is 2. The van der Waals surface area contributed by atoms with Crippen molar-refractivity contribution in [2.24, 2.45) is 7.05 Å². The van der Waals surface area contributed by atoms with E-state index in [1.54, 1.807) is 40.4 Å². The van der Waals surface area contributed by atoms with Crippen molar-refractivity contribution >= 4 is 34.2 Å². The van der Waals surface area contributed by atoms with Crippen LogP contribution in [0.1, 0.15) is 13.3 Å². The van der Waals surface area contributed by atoms with Gasteiger partial charge in [0.15, 0.2) is 0 Å². The van der Waals surface area contributed by atoms with Gasteiger partial charge in [0.05, 0.1) is 11.0 Å². The number of fused-ring (bicyclic) bond motifs is 1. The number of imidazole rings is 1. The molecule has 3 aromatic rings. The van der Waals surface area contributed by atoms with E-state index in [0.717, 1.165) is 11.0 Å². The lowest BCUT2D eigenvalue weighted by molar-refractivity contribution is -0.116. The number of carbonyl (C=O) groups excluding carboxylic acids is 2. The summed E-state index contributed by atoms with van der Waals surface area (Å²) in [6.45, 7) is 1.71. The molecule has 134 valence electrons. The lowest BCUT2D eigenvalue weighted by atomic mass is 10.2. The largest absolute Gasteiger partial charge is 0.328 e. The van der Waals surface area contributed by atoms with Gasteiger partial charge in [0, 0.05) is 38.3 Å². The second kappa shape index (κ2) is 7.26. The van der Waals surface area contributed by atoms with Gasteiger partial charge < -0.3 is 10.6 Å². The second-order valence-corrected chi connectivity index (χ2v) is 6.04. The molecule has 7 heteroatoms. The summed E-state index contributed by atoms with van der Waals surface area (Å²) in [6, 6.07) is 14.4. The molecule has 26 heavy (non-hydrogen) atoms. The number of benzene rings is 2. The highest BCUT2D eigenvalue weighted by Gasteiger charge is 2.11. The first-order valence-corrected chi connectivity index (χ1v) is 8.27. The third-order valence-corrected chi connectivity index (χ3v) is 4.08. The molecule has 0 aliphatic rings. The number of aryl methyl sites for hydroxylation is 2. The van der Waals surface area contributed by atoms with Gasteiger partial charge in [-0.25, -0.2) is 4.79 Å². The molecule has 2 N–H and O–H groups in total. The minimum Gasteiger partial charge on any atom is -0.326 e. The normalized spacial score (nSPS) is 10.7. The molecular formula is C19H20N4O3. The number of hydrogen-bond acceptors (Lipinski definition) is 3. The third-order valence-electron chi connectivity index (χ3n) is 4.08. The summed E-state index contributed by atoms with van der Waals surface area (Å²) in [5.41, 5.74) is 2.69. The van der Waals surface area contributed by atoms with Crippen LogP contribution in [0, 0.1) is 0 Å². The summed E-state index contributed by atoms with van der Waals surface area (Å²) in [7, 11) is 1.72. The summed E-state index contributed by atoms with van der Waals surface area (Å²) in [6.07, 6.45) is 0.165. The first-order valence-electron chi connectivity index (χ1n) is 8.27. The summed E-state index contributed by atoms with van der Waals surface area (Å²) in [5, 5.41) is 5.46. The van der Waals surface area contributed by atoms with Gasteiger partial charge in [0.2, 0.25) is 11.8 Å². The first kappa shape index (κ1) is 17.5. The highest BCUT2D eigenvalue weighted by atomic mass is 16.2. The zero-order chi connectivity index (χ0) is 18.7. The lowest BCUT2D eigenvalue weighted by Gasteiger charge is -2.08. The zero-order valence-electron chi connectivity index (χ0n) is 14.7. The maximum absolute atomic E-state index is 12.4. The van der Waals surface area contributed by atoms with Crippen LogP contribution >= 0.6 is 0 Å². The van der Waals surface area contributed by atoms with Crippen molar-refractivity contribution in [2.75, 3.05) is 10.6 Å². The summed E-state index contributed by atoms with van der Waals surface area (Å²) in [4.78, 5) is 35.7. The summed E-state index contributed by atoms with van der Waals surface area (Å²) >= 11 is 0. The molecule has 0 saturated carbocycles. The monoisotopic (exact) mass is 352 g/mol. The molecule has 2 aromatic carbocycles. The topological polar surface area (TPSA) is 85.1 Å². The van der Waals surface area contributed by atoms with E-state index in [4.69, 9.17) is 0 Å². The van der Waals surface area contributed by atoms with Crippen molar-refractivity contribution in [1.82, 2.24) is 9.13 Å². The molecule has 0 spiro atoms. The quantitative estimate of drug-likeness (QED) is 0.739. The number of nitrogens with one attached hydrogen (secondary N) is 2. The Balaban J connectivity index is 1.70. The van der Waals surface area contributed by atoms with Crippen LogP contribution in [-0.4, -0.2) is 20.9 Å². The zero-order valence-corrected chi connectivity index (χ0v) is 14.7. The summed E-state index contributed by atoms with van der Waals surface area (Å²) in [5.74, 6) is -0.381.